The Morgan fingerprint density at radius 2 is 1.88 bits per heavy atom. The molecular weight excluding hydrogens is 333 g/mol. The van der Waals surface area contributed by atoms with Crippen LogP contribution in [0.5, 0.6) is 0 Å². The topological polar surface area (TPSA) is 72.9 Å². The molecule has 0 fully saturated rings. The van der Waals surface area contributed by atoms with Gasteiger partial charge in [-0.3, -0.25) is 4.79 Å². The van der Waals surface area contributed by atoms with Crippen molar-refractivity contribution < 1.29 is 18.0 Å². The van der Waals surface area contributed by atoms with Crippen molar-refractivity contribution in [1.82, 2.24) is 15.1 Å². The van der Waals surface area contributed by atoms with E-state index in [1.807, 2.05) is 0 Å². The van der Waals surface area contributed by atoms with Gasteiger partial charge in [0.2, 0.25) is 5.91 Å². The van der Waals surface area contributed by atoms with Crippen molar-refractivity contribution in [3.8, 4) is 5.69 Å². The summed E-state index contributed by atoms with van der Waals surface area (Å²) >= 11 is 0. The summed E-state index contributed by atoms with van der Waals surface area (Å²) in [7, 11) is 0. The fraction of sp³-hybridized carbons (Fsp3) is 0.412. The van der Waals surface area contributed by atoms with Crippen molar-refractivity contribution in [2.24, 2.45) is 5.73 Å². The Balaban J connectivity index is 2.38. The molecule has 3 N–H and O–H groups in total. The number of hydrogen-bond donors (Lipinski definition) is 2. The van der Waals surface area contributed by atoms with Crippen molar-refractivity contribution in [3.63, 3.8) is 0 Å². The van der Waals surface area contributed by atoms with Crippen LogP contribution < -0.4 is 11.1 Å². The Morgan fingerprint density at radius 1 is 1.24 bits per heavy atom. The van der Waals surface area contributed by atoms with E-state index in [4.69, 9.17) is 5.73 Å². The Bertz CT molecular complexity index is 788. The molecule has 0 atom stereocenters. The van der Waals surface area contributed by atoms with E-state index in [1.165, 1.54) is 24.6 Å². The predicted molar refractivity (Wildman–Crippen MR) is 88.2 cm³/mol. The highest BCUT2D eigenvalue weighted by molar-refractivity contribution is 5.85. The number of carbonyl (C=O) groups excluding carboxylic acids is 1. The zero-order valence-corrected chi connectivity index (χ0v) is 14.5. The SMILES string of the molecule is Cc1cc(C)n(-c2ccc(CNC(=O)C(C)(C)N)c(C(F)(F)F)c2)n1. The molecule has 0 aliphatic carbocycles. The molecule has 2 rings (SSSR count). The van der Waals surface area contributed by atoms with Crippen LogP contribution in [-0.4, -0.2) is 21.2 Å². The van der Waals surface area contributed by atoms with E-state index in [1.54, 1.807) is 26.0 Å². The number of amides is 1. The zero-order chi connectivity index (χ0) is 19.0. The monoisotopic (exact) mass is 354 g/mol. The lowest BCUT2D eigenvalue weighted by molar-refractivity contribution is -0.138. The zero-order valence-electron chi connectivity index (χ0n) is 14.5. The van der Waals surface area contributed by atoms with E-state index in [2.05, 4.69) is 10.4 Å². The second kappa shape index (κ2) is 6.51. The minimum absolute atomic E-state index is 0.0321. The van der Waals surface area contributed by atoms with Gasteiger partial charge in [0, 0.05) is 12.2 Å². The summed E-state index contributed by atoms with van der Waals surface area (Å²) in [5.41, 5.74) is 5.39. The molecule has 8 heteroatoms. The van der Waals surface area contributed by atoms with Gasteiger partial charge in [-0.05, 0) is 51.5 Å². The number of nitrogens with zero attached hydrogens (tertiary/aromatic N) is 2. The third-order valence-corrected chi connectivity index (χ3v) is 3.68. The van der Waals surface area contributed by atoms with Gasteiger partial charge in [0.05, 0.1) is 22.5 Å². The Kier molecular flexibility index (Phi) is 4.94. The van der Waals surface area contributed by atoms with Crippen molar-refractivity contribution in [3.05, 3.63) is 46.8 Å². The molecule has 1 heterocycles. The normalized spacial score (nSPS) is 12.3. The molecule has 1 amide bonds. The van der Waals surface area contributed by atoms with E-state index in [9.17, 15) is 18.0 Å². The number of benzene rings is 1. The van der Waals surface area contributed by atoms with Gasteiger partial charge >= 0.3 is 6.18 Å². The largest absolute Gasteiger partial charge is 0.416 e. The van der Waals surface area contributed by atoms with Crippen LogP contribution in [-0.2, 0) is 17.5 Å². The third kappa shape index (κ3) is 4.39. The molecule has 0 saturated heterocycles. The second-order valence-corrected chi connectivity index (χ2v) is 6.58. The Labute approximate surface area is 144 Å². The number of aromatic nitrogens is 2. The summed E-state index contributed by atoms with van der Waals surface area (Å²) in [6.45, 7) is 6.25. The van der Waals surface area contributed by atoms with Gasteiger partial charge in [-0.1, -0.05) is 6.07 Å². The van der Waals surface area contributed by atoms with Gasteiger partial charge in [-0.15, -0.1) is 0 Å². The molecular formula is C17H21F3N4O. The minimum atomic E-state index is -4.55. The molecule has 25 heavy (non-hydrogen) atoms. The van der Waals surface area contributed by atoms with Crippen molar-refractivity contribution >= 4 is 5.91 Å². The number of hydrogen-bond acceptors (Lipinski definition) is 3. The van der Waals surface area contributed by atoms with Gasteiger partial charge < -0.3 is 11.1 Å². The lowest BCUT2D eigenvalue weighted by Crippen LogP contribution is -2.48. The molecule has 0 saturated carbocycles. The number of halogens is 3. The van der Waals surface area contributed by atoms with Crippen LogP contribution in [0.3, 0.4) is 0 Å². The molecule has 0 aliphatic rings. The number of aryl methyl sites for hydroxylation is 2. The fourth-order valence-corrected chi connectivity index (χ4v) is 2.41. The van der Waals surface area contributed by atoms with Crippen LogP contribution in [0, 0.1) is 13.8 Å². The van der Waals surface area contributed by atoms with Crippen LogP contribution in [0.25, 0.3) is 5.69 Å². The summed E-state index contributed by atoms with van der Waals surface area (Å²) in [4.78, 5) is 11.8. The molecule has 0 spiro atoms. The summed E-state index contributed by atoms with van der Waals surface area (Å²) in [6, 6.07) is 5.71. The molecule has 1 aromatic heterocycles. The van der Waals surface area contributed by atoms with E-state index in [0.717, 1.165) is 11.8 Å². The maximum atomic E-state index is 13.4. The number of rotatable bonds is 4. The first-order chi connectivity index (χ1) is 11.4. The average molecular weight is 354 g/mol. The minimum Gasteiger partial charge on any atom is -0.350 e. The van der Waals surface area contributed by atoms with Gasteiger partial charge in [-0.2, -0.15) is 18.3 Å². The van der Waals surface area contributed by atoms with Crippen molar-refractivity contribution in [2.75, 3.05) is 0 Å². The standard InChI is InChI=1S/C17H21F3N4O/c1-10-7-11(2)24(23-10)13-6-5-12(14(8-13)17(18,19)20)9-22-15(25)16(3,4)21/h5-8H,9,21H2,1-4H3,(H,22,25). The maximum absolute atomic E-state index is 13.4. The second-order valence-electron chi connectivity index (χ2n) is 6.58. The average Bonchev–Trinajstić information content (AvgIpc) is 2.81. The number of nitrogens with one attached hydrogen (secondary N) is 1. The number of carbonyl (C=O) groups is 1. The summed E-state index contributed by atoms with van der Waals surface area (Å²) in [6.07, 6.45) is -4.55. The molecule has 0 aliphatic heterocycles. The lowest BCUT2D eigenvalue weighted by Gasteiger charge is -2.20. The number of alkyl halides is 3. The maximum Gasteiger partial charge on any atom is 0.416 e. The van der Waals surface area contributed by atoms with Gasteiger partial charge in [-0.25, -0.2) is 4.68 Å². The molecule has 5 nitrogen and oxygen atoms in total. The van der Waals surface area contributed by atoms with Gasteiger partial charge in [0.15, 0.2) is 0 Å². The van der Waals surface area contributed by atoms with Gasteiger partial charge in [0.25, 0.3) is 0 Å². The smallest absolute Gasteiger partial charge is 0.350 e. The first kappa shape index (κ1) is 19.0. The highest BCUT2D eigenvalue weighted by Gasteiger charge is 2.34. The summed E-state index contributed by atoms with van der Waals surface area (Å²) in [5.74, 6) is -0.525. The Morgan fingerprint density at radius 3 is 2.36 bits per heavy atom. The van der Waals surface area contributed by atoms with Crippen LogP contribution in [0.2, 0.25) is 0 Å². The highest BCUT2D eigenvalue weighted by atomic mass is 19.4. The molecule has 0 unspecified atom stereocenters. The molecule has 2 aromatic rings. The van der Waals surface area contributed by atoms with Crippen LogP contribution in [0.15, 0.2) is 24.3 Å². The van der Waals surface area contributed by atoms with E-state index >= 15 is 0 Å². The highest BCUT2D eigenvalue weighted by Crippen LogP contribution is 2.33. The summed E-state index contributed by atoms with van der Waals surface area (Å²) < 4.78 is 41.8. The predicted octanol–water partition coefficient (Wildman–Crippen LogP) is 2.86. The van der Waals surface area contributed by atoms with Gasteiger partial charge in [0.1, 0.15) is 0 Å². The van der Waals surface area contributed by atoms with E-state index in [0.29, 0.717) is 11.4 Å². The summed E-state index contributed by atoms with van der Waals surface area (Å²) in [5, 5.41) is 6.64. The molecule has 1 aromatic carbocycles. The van der Waals surface area contributed by atoms with Crippen LogP contribution in [0.1, 0.15) is 36.4 Å². The van der Waals surface area contributed by atoms with Crippen LogP contribution in [0.4, 0.5) is 13.2 Å². The lowest BCUT2D eigenvalue weighted by atomic mass is 10.0. The molecule has 0 bridgehead atoms. The Hall–Kier alpha value is -2.35. The molecule has 0 radical (unpaired) electrons. The first-order valence-electron chi connectivity index (χ1n) is 7.70. The van der Waals surface area contributed by atoms with Crippen molar-refractivity contribution in [1.29, 1.82) is 0 Å². The van der Waals surface area contributed by atoms with Crippen molar-refractivity contribution in [2.45, 2.75) is 46.0 Å². The fourth-order valence-electron chi connectivity index (χ4n) is 2.41. The quantitative estimate of drug-likeness (QED) is 0.887. The third-order valence-electron chi connectivity index (χ3n) is 3.68. The molecule has 136 valence electrons. The van der Waals surface area contributed by atoms with Crippen LogP contribution >= 0.6 is 0 Å². The first-order valence-corrected chi connectivity index (χ1v) is 7.70. The number of nitrogens with two attached hydrogens (primary N) is 1. The van der Waals surface area contributed by atoms with E-state index < -0.39 is 23.2 Å². The van der Waals surface area contributed by atoms with E-state index in [-0.39, 0.29) is 12.1 Å².